The summed E-state index contributed by atoms with van der Waals surface area (Å²) in [7, 11) is 0. The Labute approximate surface area is 98.5 Å². The fraction of sp³-hybridized carbons (Fsp3) is 0.643. The van der Waals surface area contributed by atoms with E-state index >= 15 is 0 Å². The second-order valence-corrected chi connectivity index (χ2v) is 5.90. The Morgan fingerprint density at radius 1 is 1.44 bits per heavy atom. The second kappa shape index (κ2) is 4.54. The third kappa shape index (κ3) is 2.82. The van der Waals surface area contributed by atoms with Crippen LogP contribution in [0.3, 0.4) is 0 Å². The van der Waals surface area contributed by atoms with Crippen LogP contribution in [0.5, 0.6) is 0 Å². The highest BCUT2D eigenvalue weighted by Gasteiger charge is 2.23. The summed E-state index contributed by atoms with van der Waals surface area (Å²) in [4.78, 5) is 4.49. The van der Waals surface area contributed by atoms with Gasteiger partial charge >= 0.3 is 0 Å². The number of nitrogens with one attached hydrogen (secondary N) is 1. The van der Waals surface area contributed by atoms with Crippen molar-refractivity contribution in [2.24, 2.45) is 5.41 Å². The van der Waals surface area contributed by atoms with Crippen LogP contribution in [-0.4, -0.2) is 11.5 Å². The minimum Gasteiger partial charge on any atom is -0.309 e. The van der Waals surface area contributed by atoms with Gasteiger partial charge in [0, 0.05) is 6.20 Å². The van der Waals surface area contributed by atoms with E-state index < -0.39 is 0 Å². The molecule has 1 heterocycles. The zero-order valence-corrected chi connectivity index (χ0v) is 10.6. The molecule has 0 aromatic carbocycles. The SMILES string of the molecule is CC(C)(C)CCNC1CCc2cccnc21. The maximum Gasteiger partial charge on any atom is 0.0605 e. The van der Waals surface area contributed by atoms with Gasteiger partial charge in [0.05, 0.1) is 11.7 Å². The van der Waals surface area contributed by atoms with Crippen molar-refractivity contribution in [1.29, 1.82) is 0 Å². The molecule has 1 atom stereocenters. The van der Waals surface area contributed by atoms with Gasteiger partial charge in [0.1, 0.15) is 0 Å². The van der Waals surface area contributed by atoms with Crippen LogP contribution in [0, 0.1) is 5.41 Å². The van der Waals surface area contributed by atoms with Crippen molar-refractivity contribution in [3.05, 3.63) is 29.6 Å². The van der Waals surface area contributed by atoms with Crippen LogP contribution < -0.4 is 5.32 Å². The summed E-state index contributed by atoms with van der Waals surface area (Å²) in [6.07, 6.45) is 5.50. The van der Waals surface area contributed by atoms with Crippen molar-refractivity contribution in [2.75, 3.05) is 6.54 Å². The van der Waals surface area contributed by atoms with Gasteiger partial charge < -0.3 is 5.32 Å². The van der Waals surface area contributed by atoms with Crippen molar-refractivity contribution in [1.82, 2.24) is 10.3 Å². The molecule has 1 N–H and O–H groups in total. The molecule has 0 fully saturated rings. The Bertz CT molecular complexity index is 352. The lowest BCUT2D eigenvalue weighted by Crippen LogP contribution is -2.24. The quantitative estimate of drug-likeness (QED) is 0.843. The first-order valence-corrected chi connectivity index (χ1v) is 6.23. The van der Waals surface area contributed by atoms with Gasteiger partial charge in [-0.05, 0) is 42.9 Å². The topological polar surface area (TPSA) is 24.9 Å². The first-order chi connectivity index (χ1) is 7.56. The number of rotatable bonds is 3. The first-order valence-electron chi connectivity index (χ1n) is 6.23. The largest absolute Gasteiger partial charge is 0.309 e. The first kappa shape index (κ1) is 11.6. The van der Waals surface area contributed by atoms with Gasteiger partial charge in [-0.15, -0.1) is 0 Å². The molecule has 88 valence electrons. The second-order valence-electron chi connectivity index (χ2n) is 5.90. The molecule has 0 amide bonds. The van der Waals surface area contributed by atoms with E-state index in [2.05, 4.69) is 37.1 Å². The van der Waals surface area contributed by atoms with E-state index in [1.807, 2.05) is 12.3 Å². The highest BCUT2D eigenvalue weighted by atomic mass is 14.9. The summed E-state index contributed by atoms with van der Waals surface area (Å²) in [5.74, 6) is 0. The molecule has 1 aromatic heterocycles. The molecule has 0 aliphatic heterocycles. The molecule has 2 rings (SSSR count). The normalized spacial score (nSPS) is 19.8. The number of nitrogens with zero attached hydrogens (tertiary/aromatic N) is 1. The summed E-state index contributed by atoms with van der Waals surface area (Å²) in [5, 5.41) is 3.63. The van der Waals surface area contributed by atoms with Crippen molar-refractivity contribution < 1.29 is 0 Å². The highest BCUT2D eigenvalue weighted by Crippen LogP contribution is 2.29. The van der Waals surface area contributed by atoms with Crippen LogP contribution in [0.4, 0.5) is 0 Å². The van der Waals surface area contributed by atoms with Crippen molar-refractivity contribution >= 4 is 0 Å². The Kier molecular flexibility index (Phi) is 3.29. The Hall–Kier alpha value is -0.890. The Morgan fingerprint density at radius 2 is 2.25 bits per heavy atom. The van der Waals surface area contributed by atoms with Crippen molar-refractivity contribution in [2.45, 2.75) is 46.1 Å². The van der Waals surface area contributed by atoms with Crippen molar-refractivity contribution in [3.8, 4) is 0 Å². The molecule has 1 aliphatic rings. The zero-order valence-electron chi connectivity index (χ0n) is 10.6. The summed E-state index contributed by atoms with van der Waals surface area (Å²) < 4.78 is 0. The lowest BCUT2D eigenvalue weighted by molar-refractivity contribution is 0.353. The van der Waals surface area contributed by atoms with Crippen LogP contribution in [-0.2, 0) is 6.42 Å². The minimum absolute atomic E-state index is 0.415. The molecule has 2 nitrogen and oxygen atoms in total. The van der Waals surface area contributed by atoms with E-state index in [1.165, 1.54) is 30.5 Å². The van der Waals surface area contributed by atoms with Crippen LogP contribution in [0.2, 0.25) is 0 Å². The number of pyridine rings is 1. The molecule has 16 heavy (non-hydrogen) atoms. The van der Waals surface area contributed by atoms with Gasteiger partial charge in [0.2, 0.25) is 0 Å². The fourth-order valence-electron chi connectivity index (χ4n) is 2.23. The van der Waals surface area contributed by atoms with Gasteiger partial charge in [-0.2, -0.15) is 0 Å². The van der Waals surface area contributed by atoms with E-state index in [4.69, 9.17) is 0 Å². The monoisotopic (exact) mass is 218 g/mol. The average molecular weight is 218 g/mol. The maximum absolute atomic E-state index is 4.49. The summed E-state index contributed by atoms with van der Waals surface area (Å²) in [5.41, 5.74) is 3.12. The summed E-state index contributed by atoms with van der Waals surface area (Å²) in [6, 6.07) is 4.72. The molecule has 1 unspecified atom stereocenters. The number of hydrogen-bond donors (Lipinski definition) is 1. The molecule has 1 aliphatic carbocycles. The van der Waals surface area contributed by atoms with Crippen molar-refractivity contribution in [3.63, 3.8) is 0 Å². The molecule has 0 radical (unpaired) electrons. The molecule has 0 saturated carbocycles. The Morgan fingerprint density at radius 3 is 3.00 bits per heavy atom. The maximum atomic E-state index is 4.49. The highest BCUT2D eigenvalue weighted by molar-refractivity contribution is 5.27. The van der Waals surface area contributed by atoms with E-state index in [1.54, 1.807) is 0 Å². The molecule has 0 spiro atoms. The lowest BCUT2D eigenvalue weighted by Gasteiger charge is -2.20. The minimum atomic E-state index is 0.415. The third-order valence-corrected chi connectivity index (χ3v) is 3.22. The zero-order chi connectivity index (χ0) is 11.6. The molecule has 0 bridgehead atoms. The van der Waals surface area contributed by atoms with Crippen LogP contribution in [0.15, 0.2) is 18.3 Å². The molecule has 1 aromatic rings. The number of hydrogen-bond acceptors (Lipinski definition) is 2. The van der Waals surface area contributed by atoms with Gasteiger partial charge in [0.15, 0.2) is 0 Å². The van der Waals surface area contributed by atoms with Gasteiger partial charge in [-0.1, -0.05) is 26.8 Å². The van der Waals surface area contributed by atoms with Gasteiger partial charge in [0.25, 0.3) is 0 Å². The van der Waals surface area contributed by atoms with E-state index in [0.717, 1.165) is 6.54 Å². The third-order valence-electron chi connectivity index (χ3n) is 3.22. The summed E-state index contributed by atoms with van der Waals surface area (Å²) >= 11 is 0. The predicted octanol–water partition coefficient (Wildman–Crippen LogP) is 3.09. The average Bonchev–Trinajstić information content (AvgIpc) is 2.60. The van der Waals surface area contributed by atoms with Gasteiger partial charge in [-0.25, -0.2) is 0 Å². The fourth-order valence-corrected chi connectivity index (χ4v) is 2.23. The molecular formula is C14H22N2. The van der Waals surface area contributed by atoms with Crippen LogP contribution >= 0.6 is 0 Å². The number of aromatic nitrogens is 1. The summed E-state index contributed by atoms with van der Waals surface area (Å²) in [6.45, 7) is 7.95. The van der Waals surface area contributed by atoms with Crippen LogP contribution in [0.1, 0.15) is 50.9 Å². The molecule has 2 heteroatoms. The predicted molar refractivity (Wildman–Crippen MR) is 67.4 cm³/mol. The van der Waals surface area contributed by atoms with Crippen LogP contribution in [0.25, 0.3) is 0 Å². The van der Waals surface area contributed by atoms with E-state index in [9.17, 15) is 0 Å². The number of aryl methyl sites for hydroxylation is 1. The number of fused-ring (bicyclic) bond motifs is 1. The van der Waals surface area contributed by atoms with E-state index in [0.29, 0.717) is 11.5 Å². The van der Waals surface area contributed by atoms with Gasteiger partial charge in [-0.3, -0.25) is 4.98 Å². The van der Waals surface area contributed by atoms with E-state index in [-0.39, 0.29) is 0 Å². The lowest BCUT2D eigenvalue weighted by atomic mass is 9.92. The smallest absolute Gasteiger partial charge is 0.0605 e. The Balaban J connectivity index is 1.89. The molecule has 0 saturated heterocycles. The molecular weight excluding hydrogens is 196 g/mol. The standard InChI is InChI=1S/C14H22N2/c1-14(2,3)8-10-15-12-7-6-11-5-4-9-16-13(11)12/h4-5,9,12,15H,6-8,10H2,1-3H3.